The number of nitrogens with one attached hydrogen (secondary N) is 2. The van der Waals surface area contributed by atoms with Crippen molar-refractivity contribution in [2.24, 2.45) is 0 Å². The average Bonchev–Trinajstić information content (AvgIpc) is 3.02. The molecule has 0 spiro atoms. The Morgan fingerprint density at radius 1 is 0.872 bits per heavy atom. The van der Waals surface area contributed by atoms with Gasteiger partial charge in [0.2, 0.25) is 10.0 Å². The van der Waals surface area contributed by atoms with E-state index in [1.807, 2.05) is 32.0 Å². The van der Waals surface area contributed by atoms with Crippen molar-refractivity contribution in [3.8, 4) is 0 Å². The van der Waals surface area contributed by atoms with Crippen molar-refractivity contribution < 1.29 is 31.9 Å². The molecule has 3 aromatic rings. The lowest BCUT2D eigenvalue weighted by Crippen LogP contribution is -2.48. The number of carbonyl (C=O) groups is 2. The molecule has 0 aliphatic heterocycles. The van der Waals surface area contributed by atoms with E-state index in [0.717, 1.165) is 46.3 Å². The molecule has 3 N–H and O–H groups in total. The summed E-state index contributed by atoms with van der Waals surface area (Å²) in [6, 6.07) is 14.1. The smallest absolute Gasteiger partial charge is 0.253 e. The van der Waals surface area contributed by atoms with Crippen molar-refractivity contribution in [2.45, 2.75) is 65.1 Å². The third-order valence-electron chi connectivity index (χ3n) is 7.80. The summed E-state index contributed by atoms with van der Waals surface area (Å²) < 4.78 is 54.0. The van der Waals surface area contributed by atoms with Crippen LogP contribution in [0.2, 0.25) is 0 Å². The maximum absolute atomic E-state index is 14.1. The molecule has 0 aromatic heterocycles. The number of hydrogen-bond donors (Lipinski definition) is 3. The van der Waals surface area contributed by atoms with Gasteiger partial charge in [0.15, 0.2) is 0 Å². The summed E-state index contributed by atoms with van der Waals surface area (Å²) in [5.74, 6) is -2.64. The van der Waals surface area contributed by atoms with Crippen LogP contribution < -0.4 is 14.9 Å². The fraction of sp³-hybridized carbons (Fsp3) is 0.429. The molecule has 2 amide bonds. The van der Waals surface area contributed by atoms with Gasteiger partial charge >= 0.3 is 0 Å². The third-order valence-corrected chi connectivity index (χ3v) is 9.01. The van der Waals surface area contributed by atoms with Crippen LogP contribution in [-0.4, -0.2) is 75.3 Å². The van der Waals surface area contributed by atoms with Crippen LogP contribution in [0.5, 0.6) is 0 Å². The van der Waals surface area contributed by atoms with E-state index in [2.05, 4.69) is 23.6 Å². The third kappa shape index (κ3) is 11.1. The van der Waals surface area contributed by atoms with Crippen molar-refractivity contribution in [1.82, 2.24) is 15.5 Å². The Kier molecular flexibility index (Phi) is 13.9. The maximum Gasteiger partial charge on any atom is 0.253 e. The first-order valence-corrected chi connectivity index (χ1v) is 17.7. The Morgan fingerprint density at radius 2 is 1.49 bits per heavy atom. The van der Waals surface area contributed by atoms with Gasteiger partial charge in [-0.25, -0.2) is 17.2 Å². The van der Waals surface area contributed by atoms with Crippen LogP contribution >= 0.6 is 0 Å². The molecule has 12 heteroatoms. The number of anilines is 1. The van der Waals surface area contributed by atoms with Crippen LogP contribution in [-0.2, 0) is 29.4 Å². The molecule has 256 valence electrons. The highest BCUT2D eigenvalue weighted by Crippen LogP contribution is 2.23. The van der Waals surface area contributed by atoms with Gasteiger partial charge in [0.05, 0.1) is 24.1 Å². The normalized spacial score (nSPS) is 12.8. The maximum atomic E-state index is 14.1. The van der Waals surface area contributed by atoms with E-state index in [1.54, 1.807) is 4.90 Å². The SMILES string of the molecule is CCCN(CCC)C(=O)c1cc(C(=O)N[C@@H](Cc2cc(F)cc(F)c2)[C@H](O)CNCc2cccc(CC)c2)cc(N(C)S(C)(=O)=O)c1. The van der Waals surface area contributed by atoms with Gasteiger partial charge in [-0.2, -0.15) is 0 Å². The number of nitrogens with zero attached hydrogens (tertiary/aromatic N) is 2. The quantitative estimate of drug-likeness (QED) is 0.192. The lowest BCUT2D eigenvalue weighted by molar-refractivity contribution is 0.0755. The van der Waals surface area contributed by atoms with Crippen molar-refractivity contribution in [3.05, 3.63) is 100 Å². The topological polar surface area (TPSA) is 119 Å². The minimum absolute atomic E-state index is 0.0127. The van der Waals surface area contributed by atoms with E-state index >= 15 is 0 Å². The summed E-state index contributed by atoms with van der Waals surface area (Å²) in [6.45, 7) is 7.38. The van der Waals surface area contributed by atoms with E-state index in [1.165, 1.54) is 25.2 Å². The molecule has 0 bridgehead atoms. The Morgan fingerprint density at radius 3 is 2.09 bits per heavy atom. The minimum Gasteiger partial charge on any atom is -0.390 e. The van der Waals surface area contributed by atoms with Crippen molar-refractivity contribution >= 4 is 27.5 Å². The zero-order valence-corrected chi connectivity index (χ0v) is 28.5. The summed E-state index contributed by atoms with van der Waals surface area (Å²) >= 11 is 0. The number of aliphatic hydroxyl groups excluding tert-OH is 1. The molecular weight excluding hydrogens is 626 g/mol. The number of aliphatic hydroxyl groups is 1. The zero-order valence-electron chi connectivity index (χ0n) is 27.7. The Labute approximate surface area is 277 Å². The standard InChI is InChI=1S/C35H46F2N4O5S/c1-6-12-41(13-7-2)35(44)28-18-27(19-31(20-28)40(4)47(5,45)46)34(43)39-32(17-26-15-29(36)21-30(37)16-26)33(42)23-38-22-25-11-9-10-24(8-3)14-25/h9-11,14-16,18-21,32-33,38,42H,6-8,12-13,17,22-23H2,1-5H3,(H,39,43)/t32-,33+/m0/s1. The molecule has 0 fully saturated rings. The Bertz CT molecular complexity index is 1610. The Balaban J connectivity index is 1.95. The van der Waals surface area contributed by atoms with Crippen LogP contribution in [0, 0.1) is 11.6 Å². The molecule has 2 atom stereocenters. The highest BCUT2D eigenvalue weighted by Gasteiger charge is 2.26. The van der Waals surface area contributed by atoms with Gasteiger partial charge in [-0.1, -0.05) is 45.0 Å². The second-order valence-corrected chi connectivity index (χ2v) is 13.7. The fourth-order valence-corrected chi connectivity index (χ4v) is 5.75. The summed E-state index contributed by atoms with van der Waals surface area (Å²) in [7, 11) is -2.42. The van der Waals surface area contributed by atoms with Crippen LogP contribution in [0.25, 0.3) is 0 Å². The molecule has 9 nitrogen and oxygen atoms in total. The van der Waals surface area contributed by atoms with Crippen molar-refractivity contribution in [2.75, 3.05) is 37.2 Å². The van der Waals surface area contributed by atoms with Crippen LogP contribution in [0.1, 0.15) is 71.0 Å². The molecule has 0 radical (unpaired) electrons. The number of hydrogen-bond acceptors (Lipinski definition) is 6. The van der Waals surface area contributed by atoms with Crippen molar-refractivity contribution in [1.29, 1.82) is 0 Å². The largest absolute Gasteiger partial charge is 0.390 e. The first-order valence-electron chi connectivity index (χ1n) is 15.9. The van der Waals surface area contributed by atoms with E-state index in [-0.39, 0.29) is 41.3 Å². The molecule has 0 saturated heterocycles. The lowest BCUT2D eigenvalue weighted by atomic mass is 9.99. The highest BCUT2D eigenvalue weighted by molar-refractivity contribution is 7.92. The predicted octanol–water partition coefficient (Wildman–Crippen LogP) is 4.68. The van der Waals surface area contributed by atoms with Crippen LogP contribution in [0.3, 0.4) is 0 Å². The van der Waals surface area contributed by atoms with Gasteiger partial charge in [0.25, 0.3) is 11.8 Å². The molecular formula is C35H46F2N4O5S. The number of sulfonamides is 1. The first kappa shape index (κ1) is 37.6. The van der Waals surface area contributed by atoms with Crippen molar-refractivity contribution in [3.63, 3.8) is 0 Å². The summed E-state index contributed by atoms with van der Waals surface area (Å²) in [5.41, 5.74) is 2.62. The summed E-state index contributed by atoms with van der Waals surface area (Å²) in [6.07, 6.45) is 2.01. The lowest BCUT2D eigenvalue weighted by Gasteiger charge is -2.26. The number of rotatable bonds is 17. The number of amides is 2. The van der Waals surface area contributed by atoms with Gasteiger partial charge in [-0.15, -0.1) is 0 Å². The number of carbonyl (C=O) groups excluding carboxylic acids is 2. The summed E-state index contributed by atoms with van der Waals surface area (Å²) in [5, 5.41) is 17.2. The van der Waals surface area contributed by atoms with Crippen LogP contribution in [0.15, 0.2) is 60.7 Å². The highest BCUT2D eigenvalue weighted by atomic mass is 32.2. The molecule has 0 unspecified atom stereocenters. The van der Waals surface area contributed by atoms with E-state index in [0.29, 0.717) is 32.5 Å². The molecule has 3 aromatic carbocycles. The van der Waals surface area contributed by atoms with Gasteiger partial charge in [-0.3, -0.25) is 13.9 Å². The molecule has 0 heterocycles. The number of aryl methyl sites for hydroxylation is 1. The van der Waals surface area contributed by atoms with E-state index in [9.17, 15) is 31.9 Å². The molecule has 0 saturated carbocycles. The van der Waals surface area contributed by atoms with Gasteiger partial charge in [0.1, 0.15) is 11.6 Å². The second kappa shape index (κ2) is 17.3. The molecule has 3 rings (SSSR count). The summed E-state index contributed by atoms with van der Waals surface area (Å²) in [4.78, 5) is 29.0. The molecule has 0 aliphatic carbocycles. The van der Waals surface area contributed by atoms with Gasteiger partial charge in [-0.05, 0) is 72.7 Å². The van der Waals surface area contributed by atoms with E-state index < -0.39 is 39.7 Å². The predicted molar refractivity (Wildman–Crippen MR) is 181 cm³/mol. The second-order valence-electron chi connectivity index (χ2n) is 11.7. The zero-order chi connectivity index (χ0) is 34.7. The fourth-order valence-electron chi connectivity index (χ4n) is 5.26. The first-order chi connectivity index (χ1) is 22.2. The average molecular weight is 673 g/mol. The minimum atomic E-state index is -3.75. The monoisotopic (exact) mass is 672 g/mol. The van der Waals surface area contributed by atoms with Gasteiger partial charge < -0.3 is 20.6 Å². The van der Waals surface area contributed by atoms with Crippen LogP contribution in [0.4, 0.5) is 14.5 Å². The molecule has 47 heavy (non-hydrogen) atoms. The molecule has 0 aliphatic rings. The van der Waals surface area contributed by atoms with Gasteiger partial charge in [0, 0.05) is 50.4 Å². The number of halogens is 2. The Hall–Kier alpha value is -3.87. The number of benzene rings is 3. The van der Waals surface area contributed by atoms with E-state index in [4.69, 9.17) is 0 Å².